The molecule has 4 amide bonds. The second-order valence-electron chi connectivity index (χ2n) is 11.2. The van der Waals surface area contributed by atoms with E-state index in [1.165, 1.54) is 22.7 Å². The number of hydrogen-bond donors (Lipinski definition) is 4. The number of aromatic nitrogens is 2. The Morgan fingerprint density at radius 2 is 1.61 bits per heavy atom. The molecule has 1 aliphatic rings. The SMILES string of the molecule is CC(C)CC1NC(=O)CCCN(C(=O)CCN)CCCNC(=O)c2csc(n2)[C@H](Cc2ccccc2)NC(=O)c2csc1n2. The average molecular weight is 640 g/mol. The second-order valence-corrected chi connectivity index (χ2v) is 13.0. The van der Waals surface area contributed by atoms with Gasteiger partial charge >= 0.3 is 0 Å². The lowest BCUT2D eigenvalue weighted by atomic mass is 10.0. The molecule has 0 saturated carbocycles. The van der Waals surface area contributed by atoms with E-state index in [-0.39, 0.29) is 66.4 Å². The van der Waals surface area contributed by atoms with Gasteiger partial charge in [0.15, 0.2) is 0 Å². The molecule has 0 saturated heterocycles. The van der Waals surface area contributed by atoms with E-state index in [9.17, 15) is 19.2 Å². The first kappa shape index (κ1) is 33.2. The highest BCUT2D eigenvalue weighted by Crippen LogP contribution is 2.27. The molecule has 1 aliphatic heterocycles. The van der Waals surface area contributed by atoms with Crippen molar-refractivity contribution in [3.63, 3.8) is 0 Å². The van der Waals surface area contributed by atoms with Gasteiger partial charge in [-0.1, -0.05) is 44.2 Å². The highest BCUT2D eigenvalue weighted by atomic mass is 32.1. The van der Waals surface area contributed by atoms with Crippen molar-refractivity contribution in [3.05, 3.63) is 68.1 Å². The Hall–Kier alpha value is -3.68. The van der Waals surface area contributed by atoms with E-state index in [2.05, 4.69) is 39.8 Å². The van der Waals surface area contributed by atoms with E-state index in [1.54, 1.807) is 15.7 Å². The monoisotopic (exact) mass is 639 g/mol. The molecule has 0 spiro atoms. The molecular formula is C31H41N7O4S2. The van der Waals surface area contributed by atoms with Crippen LogP contribution in [0, 0.1) is 5.92 Å². The van der Waals surface area contributed by atoms with E-state index in [0.29, 0.717) is 55.3 Å². The van der Waals surface area contributed by atoms with Gasteiger partial charge in [0.05, 0.1) is 12.1 Å². The Kier molecular flexibility index (Phi) is 12.4. The van der Waals surface area contributed by atoms with Gasteiger partial charge in [0.2, 0.25) is 11.8 Å². The summed E-state index contributed by atoms with van der Waals surface area (Å²) in [5.74, 6) is -0.594. The van der Waals surface area contributed by atoms with Gasteiger partial charge in [-0.2, -0.15) is 0 Å². The maximum absolute atomic E-state index is 13.5. The molecule has 2 aromatic heterocycles. The number of carbonyl (C=O) groups excluding carboxylic acids is 4. The van der Waals surface area contributed by atoms with Crippen molar-refractivity contribution in [1.82, 2.24) is 30.8 Å². The molecule has 3 aromatic rings. The van der Waals surface area contributed by atoms with Crippen LogP contribution in [0.2, 0.25) is 0 Å². The lowest BCUT2D eigenvalue weighted by molar-refractivity contribution is -0.131. The molecule has 5 N–H and O–H groups in total. The fraction of sp³-hybridized carbons (Fsp3) is 0.484. The number of fused-ring (bicyclic) bond motifs is 4. The molecule has 3 heterocycles. The third-order valence-corrected chi connectivity index (χ3v) is 9.09. The Morgan fingerprint density at radius 3 is 2.30 bits per heavy atom. The van der Waals surface area contributed by atoms with Gasteiger partial charge in [0.1, 0.15) is 21.4 Å². The van der Waals surface area contributed by atoms with Crippen LogP contribution in [0.15, 0.2) is 41.1 Å². The molecule has 11 nitrogen and oxygen atoms in total. The van der Waals surface area contributed by atoms with Crippen LogP contribution in [-0.2, 0) is 16.0 Å². The number of nitrogens with one attached hydrogen (secondary N) is 3. The first-order chi connectivity index (χ1) is 21.2. The van der Waals surface area contributed by atoms with Crippen molar-refractivity contribution >= 4 is 46.3 Å². The van der Waals surface area contributed by atoms with Gasteiger partial charge < -0.3 is 26.6 Å². The number of hydrogen-bond acceptors (Lipinski definition) is 9. The number of thiazole rings is 2. The molecule has 4 bridgehead atoms. The summed E-state index contributed by atoms with van der Waals surface area (Å²) in [5, 5.41) is 13.7. The predicted molar refractivity (Wildman–Crippen MR) is 171 cm³/mol. The van der Waals surface area contributed by atoms with Gasteiger partial charge in [-0.3, -0.25) is 19.2 Å². The molecule has 0 radical (unpaired) electrons. The van der Waals surface area contributed by atoms with Crippen LogP contribution in [0.3, 0.4) is 0 Å². The Bertz CT molecular complexity index is 1410. The summed E-state index contributed by atoms with van der Waals surface area (Å²) >= 11 is 2.65. The lowest BCUT2D eigenvalue weighted by Crippen LogP contribution is -2.37. The normalized spacial score (nSPS) is 19.1. The lowest BCUT2D eigenvalue weighted by Gasteiger charge is -2.23. The molecule has 4 rings (SSSR count). The maximum atomic E-state index is 13.5. The summed E-state index contributed by atoms with van der Waals surface area (Å²) in [6.07, 6.45) is 2.64. The van der Waals surface area contributed by atoms with Gasteiger partial charge in [0.25, 0.3) is 11.8 Å². The smallest absolute Gasteiger partial charge is 0.271 e. The van der Waals surface area contributed by atoms with E-state index in [1.807, 2.05) is 30.3 Å². The molecule has 236 valence electrons. The molecule has 44 heavy (non-hydrogen) atoms. The Balaban J connectivity index is 1.61. The molecule has 1 aromatic carbocycles. The number of nitrogens with zero attached hydrogens (tertiary/aromatic N) is 3. The number of amides is 4. The molecule has 0 aliphatic carbocycles. The molecule has 1 unspecified atom stereocenters. The topological polar surface area (TPSA) is 159 Å². The third kappa shape index (κ3) is 9.66. The minimum Gasteiger partial charge on any atom is -0.351 e. The van der Waals surface area contributed by atoms with Crippen molar-refractivity contribution in [1.29, 1.82) is 0 Å². The van der Waals surface area contributed by atoms with Crippen molar-refractivity contribution in [2.45, 2.75) is 64.5 Å². The summed E-state index contributed by atoms with van der Waals surface area (Å²) in [5.41, 5.74) is 7.18. The van der Waals surface area contributed by atoms with Crippen molar-refractivity contribution in [3.8, 4) is 0 Å². The standard InChI is InChI=1S/C31H41N7O4S2/c1-20(2)16-22-30-37-25(19-44-30)29(42)35-23(17-21-8-4-3-5-9-21)31-36-24(18-43-31)28(41)33-13-7-15-38(27(40)11-12-32)14-6-10-26(39)34-22/h3-5,8-9,18-20,22-23H,6-7,10-17,32H2,1-2H3,(H,33,41)(H,34,39)(H,35,42)/t22?,23-/m0/s1. The fourth-order valence-electron chi connectivity index (χ4n) is 4.98. The van der Waals surface area contributed by atoms with E-state index in [4.69, 9.17) is 5.73 Å². The van der Waals surface area contributed by atoms with E-state index >= 15 is 0 Å². The Labute approximate surface area is 266 Å². The number of rotatable bonds is 6. The minimum atomic E-state index is -0.482. The number of carbonyl (C=O) groups is 4. The first-order valence-electron chi connectivity index (χ1n) is 15.0. The van der Waals surface area contributed by atoms with E-state index < -0.39 is 6.04 Å². The quantitative estimate of drug-likeness (QED) is 0.321. The molecule has 2 atom stereocenters. The van der Waals surface area contributed by atoms with Crippen LogP contribution < -0.4 is 21.7 Å². The van der Waals surface area contributed by atoms with Crippen molar-refractivity contribution < 1.29 is 19.2 Å². The van der Waals surface area contributed by atoms with Crippen LogP contribution in [0.1, 0.15) is 94.6 Å². The molecule has 13 heteroatoms. The van der Waals surface area contributed by atoms with Gasteiger partial charge in [0, 0.05) is 49.8 Å². The molecule has 0 fully saturated rings. The summed E-state index contributed by atoms with van der Waals surface area (Å²) < 4.78 is 0. The maximum Gasteiger partial charge on any atom is 0.271 e. The van der Waals surface area contributed by atoms with E-state index in [0.717, 1.165) is 5.56 Å². The highest BCUT2D eigenvalue weighted by molar-refractivity contribution is 7.10. The van der Waals surface area contributed by atoms with Crippen molar-refractivity contribution in [2.75, 3.05) is 26.2 Å². The molecular weight excluding hydrogens is 599 g/mol. The van der Waals surface area contributed by atoms with Gasteiger partial charge in [-0.25, -0.2) is 9.97 Å². The summed E-state index contributed by atoms with van der Waals surface area (Å²) in [7, 11) is 0. The predicted octanol–water partition coefficient (Wildman–Crippen LogP) is 3.61. The van der Waals surface area contributed by atoms with Crippen LogP contribution in [0.25, 0.3) is 0 Å². The van der Waals surface area contributed by atoms with Crippen LogP contribution in [0.4, 0.5) is 0 Å². The van der Waals surface area contributed by atoms with Gasteiger partial charge in [-0.05, 0) is 37.2 Å². The highest BCUT2D eigenvalue weighted by Gasteiger charge is 2.25. The zero-order chi connectivity index (χ0) is 31.5. The first-order valence-corrected chi connectivity index (χ1v) is 16.8. The zero-order valence-electron chi connectivity index (χ0n) is 25.2. The zero-order valence-corrected chi connectivity index (χ0v) is 26.8. The number of nitrogens with two attached hydrogens (primary N) is 1. The fourth-order valence-corrected chi connectivity index (χ4v) is 6.69. The Morgan fingerprint density at radius 1 is 0.955 bits per heavy atom. The van der Waals surface area contributed by atoms with Crippen LogP contribution in [-0.4, -0.2) is 64.7 Å². The van der Waals surface area contributed by atoms with Gasteiger partial charge in [-0.15, -0.1) is 22.7 Å². The number of benzene rings is 1. The third-order valence-electron chi connectivity index (χ3n) is 7.17. The summed E-state index contributed by atoms with van der Waals surface area (Å²) in [6, 6.07) is 8.95. The largest absolute Gasteiger partial charge is 0.351 e. The van der Waals surface area contributed by atoms with Crippen LogP contribution >= 0.6 is 22.7 Å². The van der Waals surface area contributed by atoms with Crippen LogP contribution in [0.5, 0.6) is 0 Å². The summed E-state index contributed by atoms with van der Waals surface area (Å²) in [6.45, 7) is 5.59. The second kappa shape index (κ2) is 16.4. The average Bonchev–Trinajstić information content (AvgIpc) is 3.69. The summed E-state index contributed by atoms with van der Waals surface area (Å²) in [4.78, 5) is 63.0. The minimum absolute atomic E-state index is 0.0728. The van der Waals surface area contributed by atoms with Crippen molar-refractivity contribution in [2.24, 2.45) is 11.7 Å².